The van der Waals surface area contributed by atoms with Crippen molar-refractivity contribution in [3.8, 4) is 23.1 Å². The van der Waals surface area contributed by atoms with E-state index in [1.54, 1.807) is 11.3 Å². The summed E-state index contributed by atoms with van der Waals surface area (Å²) in [6.07, 6.45) is 0.348. The first-order chi connectivity index (χ1) is 10.7. The van der Waals surface area contributed by atoms with Crippen molar-refractivity contribution < 1.29 is 4.74 Å². The number of rotatable bonds is 4. The molecule has 5 heteroatoms. The Kier molecular flexibility index (Phi) is 3.86. The van der Waals surface area contributed by atoms with Crippen molar-refractivity contribution in [2.45, 2.75) is 27.2 Å². The first kappa shape index (κ1) is 14.6. The zero-order chi connectivity index (χ0) is 15.7. The second-order valence-electron chi connectivity index (χ2n) is 5.06. The molecule has 0 atom stereocenters. The molecule has 0 radical (unpaired) electrons. The Bertz CT molecular complexity index is 853. The summed E-state index contributed by atoms with van der Waals surface area (Å²) in [5, 5.41) is 9.17. The molecule has 0 saturated heterocycles. The van der Waals surface area contributed by atoms with E-state index in [4.69, 9.17) is 9.72 Å². The molecule has 0 spiro atoms. The van der Waals surface area contributed by atoms with Crippen LogP contribution in [0.2, 0.25) is 0 Å². The van der Waals surface area contributed by atoms with Gasteiger partial charge in [0.15, 0.2) is 4.96 Å². The largest absolute Gasteiger partial charge is 0.494 e. The SMILES string of the molecule is CCOc1ccc(-c2nc3sc(C)c(C)n3c2CC#N)cc1. The summed E-state index contributed by atoms with van der Waals surface area (Å²) >= 11 is 1.66. The standard InChI is InChI=1S/C17H17N3OS/c1-4-21-14-7-5-13(6-8-14)16-15(9-10-18)20-11(2)12(3)22-17(20)19-16/h5-8H,4,9H2,1-3H3. The summed E-state index contributed by atoms with van der Waals surface area (Å²) in [4.78, 5) is 6.93. The molecule has 112 valence electrons. The molecule has 3 rings (SSSR count). The van der Waals surface area contributed by atoms with Crippen molar-refractivity contribution in [3.63, 3.8) is 0 Å². The Labute approximate surface area is 133 Å². The highest BCUT2D eigenvalue weighted by atomic mass is 32.1. The van der Waals surface area contributed by atoms with E-state index in [-0.39, 0.29) is 0 Å². The molecule has 0 unspecified atom stereocenters. The molecule has 0 fully saturated rings. The van der Waals surface area contributed by atoms with Crippen LogP contribution >= 0.6 is 11.3 Å². The first-order valence-electron chi connectivity index (χ1n) is 7.23. The van der Waals surface area contributed by atoms with E-state index < -0.39 is 0 Å². The van der Waals surface area contributed by atoms with E-state index in [0.717, 1.165) is 33.4 Å². The van der Waals surface area contributed by atoms with Gasteiger partial charge in [0, 0.05) is 16.1 Å². The Morgan fingerprint density at radius 2 is 2.00 bits per heavy atom. The quantitative estimate of drug-likeness (QED) is 0.727. The molecular weight excluding hydrogens is 294 g/mol. The lowest BCUT2D eigenvalue weighted by atomic mass is 10.1. The third kappa shape index (κ3) is 2.36. The third-order valence-electron chi connectivity index (χ3n) is 3.72. The summed E-state index contributed by atoms with van der Waals surface area (Å²) in [7, 11) is 0. The predicted octanol–water partition coefficient (Wildman–Crippen LogP) is 4.14. The number of nitriles is 1. The van der Waals surface area contributed by atoms with Crippen molar-refractivity contribution >= 4 is 16.3 Å². The number of ether oxygens (including phenoxy) is 1. The second kappa shape index (κ2) is 5.82. The molecule has 0 bridgehead atoms. The van der Waals surface area contributed by atoms with Gasteiger partial charge in [0.1, 0.15) is 5.75 Å². The van der Waals surface area contributed by atoms with Crippen molar-refractivity contribution in [3.05, 3.63) is 40.5 Å². The Morgan fingerprint density at radius 3 is 2.64 bits per heavy atom. The third-order valence-corrected chi connectivity index (χ3v) is 4.77. The predicted molar refractivity (Wildman–Crippen MR) is 88.5 cm³/mol. The van der Waals surface area contributed by atoms with Crippen LogP contribution in [0.3, 0.4) is 0 Å². The molecule has 0 aliphatic carbocycles. The van der Waals surface area contributed by atoms with Gasteiger partial charge in [-0.05, 0) is 45.0 Å². The number of hydrogen-bond donors (Lipinski definition) is 0. The van der Waals surface area contributed by atoms with Gasteiger partial charge in [-0.1, -0.05) is 0 Å². The highest BCUT2D eigenvalue weighted by Crippen LogP contribution is 2.31. The molecule has 0 saturated carbocycles. The number of nitrogens with zero attached hydrogens (tertiary/aromatic N) is 3. The number of thiazole rings is 1. The van der Waals surface area contributed by atoms with Crippen LogP contribution in [0.5, 0.6) is 5.75 Å². The maximum absolute atomic E-state index is 9.17. The van der Waals surface area contributed by atoms with E-state index in [0.29, 0.717) is 13.0 Å². The molecule has 4 nitrogen and oxygen atoms in total. The maximum Gasteiger partial charge on any atom is 0.194 e. The fraction of sp³-hybridized carbons (Fsp3) is 0.294. The topological polar surface area (TPSA) is 50.3 Å². The molecule has 0 amide bonds. The van der Waals surface area contributed by atoms with Gasteiger partial charge in [0.05, 0.1) is 30.5 Å². The smallest absolute Gasteiger partial charge is 0.194 e. The summed E-state index contributed by atoms with van der Waals surface area (Å²) in [6, 6.07) is 10.2. The Balaban J connectivity index is 2.13. The molecule has 1 aromatic carbocycles. The van der Waals surface area contributed by atoms with E-state index in [2.05, 4.69) is 24.3 Å². The van der Waals surface area contributed by atoms with Crippen LogP contribution in [0.15, 0.2) is 24.3 Å². The van der Waals surface area contributed by atoms with Gasteiger partial charge in [-0.15, -0.1) is 11.3 Å². The van der Waals surface area contributed by atoms with Gasteiger partial charge >= 0.3 is 0 Å². The van der Waals surface area contributed by atoms with Crippen LogP contribution in [-0.2, 0) is 6.42 Å². The lowest BCUT2D eigenvalue weighted by Gasteiger charge is -2.05. The number of fused-ring (bicyclic) bond motifs is 1. The molecule has 2 heterocycles. The minimum absolute atomic E-state index is 0.348. The van der Waals surface area contributed by atoms with Gasteiger partial charge in [0.25, 0.3) is 0 Å². The average Bonchev–Trinajstić information content (AvgIpc) is 2.99. The normalized spacial score (nSPS) is 10.8. The highest BCUT2D eigenvalue weighted by molar-refractivity contribution is 7.17. The fourth-order valence-electron chi connectivity index (χ4n) is 2.56. The zero-order valence-corrected chi connectivity index (χ0v) is 13.7. The molecule has 0 aliphatic heterocycles. The Hall–Kier alpha value is -2.32. The summed E-state index contributed by atoms with van der Waals surface area (Å²) < 4.78 is 7.58. The summed E-state index contributed by atoms with van der Waals surface area (Å²) in [6.45, 7) is 6.77. The van der Waals surface area contributed by atoms with E-state index >= 15 is 0 Å². The molecule has 22 heavy (non-hydrogen) atoms. The molecule has 0 N–H and O–H groups in total. The van der Waals surface area contributed by atoms with Crippen LogP contribution in [0.25, 0.3) is 16.2 Å². The minimum Gasteiger partial charge on any atom is -0.494 e. The van der Waals surface area contributed by atoms with Crippen molar-refractivity contribution in [2.24, 2.45) is 0 Å². The zero-order valence-electron chi connectivity index (χ0n) is 12.9. The average molecular weight is 311 g/mol. The van der Waals surface area contributed by atoms with Gasteiger partial charge in [-0.2, -0.15) is 5.26 Å². The summed E-state index contributed by atoms with van der Waals surface area (Å²) in [5.41, 5.74) is 4.03. The van der Waals surface area contributed by atoms with E-state index in [1.165, 1.54) is 4.88 Å². The number of benzene rings is 1. The second-order valence-corrected chi connectivity index (χ2v) is 6.24. The van der Waals surface area contributed by atoms with Crippen molar-refractivity contribution in [2.75, 3.05) is 6.61 Å². The van der Waals surface area contributed by atoms with Crippen LogP contribution in [0.1, 0.15) is 23.2 Å². The Morgan fingerprint density at radius 1 is 1.27 bits per heavy atom. The minimum atomic E-state index is 0.348. The highest BCUT2D eigenvalue weighted by Gasteiger charge is 2.18. The lowest BCUT2D eigenvalue weighted by Crippen LogP contribution is -1.95. The van der Waals surface area contributed by atoms with Crippen LogP contribution in [-0.4, -0.2) is 16.0 Å². The van der Waals surface area contributed by atoms with Crippen molar-refractivity contribution in [1.29, 1.82) is 5.26 Å². The van der Waals surface area contributed by atoms with Crippen molar-refractivity contribution in [1.82, 2.24) is 9.38 Å². The molecular formula is C17H17N3OS. The monoisotopic (exact) mass is 311 g/mol. The van der Waals surface area contributed by atoms with Gasteiger partial charge in [-0.25, -0.2) is 4.98 Å². The number of imidazole rings is 1. The first-order valence-corrected chi connectivity index (χ1v) is 8.04. The van der Waals surface area contributed by atoms with Gasteiger partial charge < -0.3 is 4.74 Å². The number of aryl methyl sites for hydroxylation is 2. The number of hydrogen-bond acceptors (Lipinski definition) is 4. The van der Waals surface area contributed by atoms with E-state index in [9.17, 15) is 5.26 Å². The maximum atomic E-state index is 9.17. The van der Waals surface area contributed by atoms with Gasteiger partial charge in [-0.3, -0.25) is 4.40 Å². The van der Waals surface area contributed by atoms with Crippen LogP contribution in [0.4, 0.5) is 0 Å². The molecule has 2 aromatic heterocycles. The van der Waals surface area contributed by atoms with Crippen LogP contribution < -0.4 is 4.74 Å². The van der Waals surface area contributed by atoms with Gasteiger partial charge in [0.2, 0.25) is 0 Å². The molecule has 0 aliphatic rings. The summed E-state index contributed by atoms with van der Waals surface area (Å²) in [5.74, 6) is 0.848. The fourth-order valence-corrected chi connectivity index (χ4v) is 3.55. The number of aromatic nitrogens is 2. The van der Waals surface area contributed by atoms with Crippen LogP contribution in [0, 0.1) is 25.2 Å². The lowest BCUT2D eigenvalue weighted by molar-refractivity contribution is 0.340. The van der Waals surface area contributed by atoms with E-state index in [1.807, 2.05) is 31.2 Å². The molecule has 3 aromatic rings.